The van der Waals surface area contributed by atoms with Gasteiger partial charge in [0.2, 0.25) is 10.0 Å². The summed E-state index contributed by atoms with van der Waals surface area (Å²) in [5, 5.41) is 9.56. The molecule has 3 rings (SSSR count). The highest BCUT2D eigenvalue weighted by Crippen LogP contribution is 2.44. The molecule has 26 heavy (non-hydrogen) atoms. The molecule has 8 heteroatoms. The lowest BCUT2D eigenvalue weighted by Crippen LogP contribution is -2.38. The Labute approximate surface area is 162 Å². The summed E-state index contributed by atoms with van der Waals surface area (Å²) in [4.78, 5) is 1.91. The summed E-state index contributed by atoms with van der Waals surface area (Å²) in [7, 11) is -3.79. The normalized spacial score (nSPS) is 18.2. The predicted molar refractivity (Wildman–Crippen MR) is 102 cm³/mol. The van der Waals surface area contributed by atoms with Crippen LogP contribution in [-0.4, -0.2) is 20.1 Å². The van der Waals surface area contributed by atoms with E-state index >= 15 is 0 Å². The topological polar surface area (TPSA) is 66.4 Å². The van der Waals surface area contributed by atoms with Crippen molar-refractivity contribution >= 4 is 33.0 Å². The molecule has 142 valence electrons. The van der Waals surface area contributed by atoms with Crippen molar-refractivity contribution in [3.05, 3.63) is 50.9 Å². The van der Waals surface area contributed by atoms with E-state index in [9.17, 15) is 17.9 Å². The van der Waals surface area contributed by atoms with Crippen molar-refractivity contribution in [2.45, 2.75) is 49.0 Å². The summed E-state index contributed by atoms with van der Waals surface area (Å²) >= 11 is 7.25. The highest BCUT2D eigenvalue weighted by atomic mass is 35.5. The molecule has 0 saturated heterocycles. The molecule has 0 spiro atoms. The maximum atomic E-state index is 13.3. The Balaban J connectivity index is 1.83. The van der Waals surface area contributed by atoms with Crippen molar-refractivity contribution in [1.82, 2.24) is 4.72 Å². The quantitative estimate of drug-likeness (QED) is 0.732. The molecule has 0 bridgehead atoms. The third-order valence-corrected chi connectivity index (χ3v) is 8.11. The number of thiophene rings is 1. The van der Waals surface area contributed by atoms with Crippen LogP contribution in [0.25, 0.3) is 0 Å². The fourth-order valence-electron chi connectivity index (χ4n) is 3.38. The van der Waals surface area contributed by atoms with E-state index in [2.05, 4.69) is 4.72 Å². The van der Waals surface area contributed by atoms with Crippen LogP contribution in [0.4, 0.5) is 4.39 Å². The number of halogens is 2. The molecule has 4 nitrogen and oxygen atoms in total. The van der Waals surface area contributed by atoms with Gasteiger partial charge in [0, 0.05) is 21.7 Å². The van der Waals surface area contributed by atoms with Crippen LogP contribution in [0.1, 0.15) is 48.5 Å². The van der Waals surface area contributed by atoms with Gasteiger partial charge in [0.05, 0.1) is 16.0 Å². The number of sulfonamides is 1. The third kappa shape index (κ3) is 3.97. The fourth-order valence-corrected chi connectivity index (χ4v) is 5.97. The van der Waals surface area contributed by atoms with E-state index in [1.807, 2.05) is 12.1 Å². The monoisotopic (exact) mass is 417 g/mol. The Morgan fingerprint density at radius 1 is 1.31 bits per heavy atom. The van der Waals surface area contributed by atoms with E-state index in [-0.39, 0.29) is 21.9 Å². The van der Waals surface area contributed by atoms with Gasteiger partial charge in [-0.15, -0.1) is 11.3 Å². The number of benzene rings is 1. The molecule has 1 fully saturated rings. The molecular weight excluding hydrogens is 397 g/mol. The van der Waals surface area contributed by atoms with Crippen molar-refractivity contribution in [3.63, 3.8) is 0 Å². The van der Waals surface area contributed by atoms with Gasteiger partial charge in [0.1, 0.15) is 5.82 Å². The van der Waals surface area contributed by atoms with Crippen LogP contribution >= 0.6 is 22.9 Å². The first kappa shape index (κ1) is 19.8. The van der Waals surface area contributed by atoms with Crippen molar-refractivity contribution in [2.75, 3.05) is 6.54 Å². The van der Waals surface area contributed by atoms with E-state index in [1.165, 1.54) is 17.4 Å². The average Bonchev–Trinajstić information content (AvgIpc) is 3.25. The summed E-state index contributed by atoms with van der Waals surface area (Å²) in [5.41, 5.74) is -0.269. The van der Waals surface area contributed by atoms with Crippen LogP contribution in [0, 0.1) is 5.82 Å². The molecule has 1 atom stereocenters. The lowest BCUT2D eigenvalue weighted by atomic mass is 9.85. The SMILES string of the molecule is CC(O)c1ccc(C2(CNS(=O)(=O)c3ccc(F)c(Cl)c3)CCCC2)s1. The Bertz CT molecular complexity index is 890. The first-order valence-corrected chi connectivity index (χ1v) is 11.1. The standard InChI is InChI=1S/C18H21ClFNO3S2/c1-12(22)16-6-7-17(25-16)18(8-2-3-9-18)11-21-26(23,24)13-4-5-15(20)14(19)10-13/h4-7,10,12,21-22H,2-3,8-9,11H2,1H3. The van der Waals surface area contributed by atoms with Gasteiger partial charge in [-0.05, 0) is 50.1 Å². The van der Waals surface area contributed by atoms with Crippen LogP contribution in [-0.2, 0) is 15.4 Å². The minimum absolute atomic E-state index is 0.0482. The highest BCUT2D eigenvalue weighted by Gasteiger charge is 2.38. The highest BCUT2D eigenvalue weighted by molar-refractivity contribution is 7.89. The molecule has 0 aliphatic heterocycles. The number of rotatable bonds is 6. The van der Waals surface area contributed by atoms with Crippen LogP contribution in [0.2, 0.25) is 5.02 Å². The molecule has 0 amide bonds. The largest absolute Gasteiger partial charge is 0.388 e. The van der Waals surface area contributed by atoms with Crippen molar-refractivity contribution in [1.29, 1.82) is 0 Å². The van der Waals surface area contributed by atoms with Crippen LogP contribution in [0.5, 0.6) is 0 Å². The lowest BCUT2D eigenvalue weighted by molar-refractivity contribution is 0.203. The maximum Gasteiger partial charge on any atom is 0.240 e. The zero-order valence-electron chi connectivity index (χ0n) is 14.3. The van der Waals surface area contributed by atoms with Crippen LogP contribution in [0.15, 0.2) is 35.2 Å². The first-order valence-electron chi connectivity index (χ1n) is 8.46. The second kappa shape index (κ2) is 7.56. The minimum atomic E-state index is -3.79. The Morgan fingerprint density at radius 3 is 2.58 bits per heavy atom. The van der Waals surface area contributed by atoms with Crippen LogP contribution in [0.3, 0.4) is 0 Å². The number of nitrogens with one attached hydrogen (secondary N) is 1. The summed E-state index contributed by atoms with van der Waals surface area (Å²) < 4.78 is 41.2. The average molecular weight is 418 g/mol. The molecule has 2 aromatic rings. The van der Waals surface area contributed by atoms with E-state index in [4.69, 9.17) is 11.6 Å². The zero-order chi connectivity index (χ0) is 18.9. The molecule has 1 unspecified atom stereocenters. The molecule has 1 aromatic carbocycles. The van der Waals surface area contributed by atoms with E-state index in [0.29, 0.717) is 0 Å². The summed E-state index contributed by atoms with van der Waals surface area (Å²) in [6.07, 6.45) is 3.31. The summed E-state index contributed by atoms with van der Waals surface area (Å²) in [6.45, 7) is 1.99. The molecule has 2 N–H and O–H groups in total. The smallest absolute Gasteiger partial charge is 0.240 e. The summed E-state index contributed by atoms with van der Waals surface area (Å²) in [6, 6.07) is 7.27. The van der Waals surface area contributed by atoms with Gasteiger partial charge >= 0.3 is 0 Å². The van der Waals surface area contributed by atoms with Gasteiger partial charge in [-0.3, -0.25) is 0 Å². The van der Waals surface area contributed by atoms with Crippen LogP contribution < -0.4 is 4.72 Å². The first-order chi connectivity index (χ1) is 12.2. The van der Waals surface area contributed by atoms with Gasteiger partial charge in [-0.2, -0.15) is 0 Å². The predicted octanol–water partition coefficient (Wildman–Crippen LogP) is 4.38. The number of hydrogen-bond donors (Lipinski definition) is 2. The summed E-state index contributed by atoms with van der Waals surface area (Å²) in [5.74, 6) is -0.651. The second-order valence-corrected chi connectivity index (χ2v) is 10.1. The molecule has 0 radical (unpaired) electrons. The minimum Gasteiger partial charge on any atom is -0.388 e. The van der Waals surface area contributed by atoms with Gasteiger partial charge in [-0.25, -0.2) is 17.5 Å². The third-order valence-electron chi connectivity index (χ3n) is 4.92. The number of aliphatic hydroxyl groups is 1. The van der Waals surface area contributed by atoms with E-state index < -0.39 is 21.9 Å². The second-order valence-electron chi connectivity index (χ2n) is 6.77. The Hall–Kier alpha value is -0.990. The molecule has 1 saturated carbocycles. The fraction of sp³-hybridized carbons (Fsp3) is 0.444. The molecular formula is C18H21ClFNO3S2. The molecule has 1 heterocycles. The van der Waals surface area contributed by atoms with Crippen molar-refractivity contribution in [2.24, 2.45) is 0 Å². The Kier molecular flexibility index (Phi) is 5.75. The Morgan fingerprint density at radius 2 is 2.00 bits per heavy atom. The van der Waals surface area contributed by atoms with E-state index in [1.54, 1.807) is 6.92 Å². The van der Waals surface area contributed by atoms with Gasteiger partial charge in [0.15, 0.2) is 0 Å². The molecule has 1 aromatic heterocycles. The molecule has 1 aliphatic carbocycles. The number of aliphatic hydroxyl groups excluding tert-OH is 1. The van der Waals surface area contributed by atoms with E-state index in [0.717, 1.165) is 47.6 Å². The number of hydrogen-bond acceptors (Lipinski definition) is 4. The van der Waals surface area contributed by atoms with Crippen molar-refractivity contribution in [3.8, 4) is 0 Å². The zero-order valence-corrected chi connectivity index (χ0v) is 16.7. The lowest BCUT2D eigenvalue weighted by Gasteiger charge is -2.28. The maximum absolute atomic E-state index is 13.3. The molecule has 1 aliphatic rings. The van der Waals surface area contributed by atoms with Gasteiger partial charge < -0.3 is 5.11 Å². The van der Waals surface area contributed by atoms with Crippen molar-refractivity contribution < 1.29 is 17.9 Å². The van der Waals surface area contributed by atoms with Gasteiger partial charge in [-0.1, -0.05) is 24.4 Å². The van der Waals surface area contributed by atoms with Gasteiger partial charge in [0.25, 0.3) is 0 Å².